The van der Waals surface area contributed by atoms with Crippen LogP contribution in [0.1, 0.15) is 36.2 Å². The molecule has 2 aromatic carbocycles. The summed E-state index contributed by atoms with van der Waals surface area (Å²) in [6.45, 7) is 5.14. The van der Waals surface area contributed by atoms with E-state index < -0.39 is 20.0 Å². The molecule has 0 spiro atoms. The third-order valence-electron chi connectivity index (χ3n) is 5.67. The lowest BCUT2D eigenvalue weighted by Crippen LogP contribution is -2.64. The highest BCUT2D eigenvalue weighted by atomic mass is 32.2. The number of nitrogens with zero attached hydrogens (tertiary/aromatic N) is 1. The first-order chi connectivity index (χ1) is 15.2. The van der Waals surface area contributed by atoms with Gasteiger partial charge in [0.1, 0.15) is 30.3 Å². The summed E-state index contributed by atoms with van der Waals surface area (Å²) in [6.07, 6.45) is 0.819. The van der Waals surface area contributed by atoms with Crippen LogP contribution in [-0.4, -0.2) is 51.2 Å². The maximum Gasteiger partial charge on any atom is 0.357 e. The molecule has 1 aliphatic rings. The molecule has 1 unspecified atom stereocenters. The third kappa shape index (κ3) is 5.12. The molecule has 1 aliphatic heterocycles. The number of hydrogen-bond acceptors (Lipinski definition) is 6. The molecule has 3 N–H and O–H groups in total. The van der Waals surface area contributed by atoms with E-state index >= 15 is 0 Å². The fraction of sp³-hybridized carbons (Fsp3) is 0.435. The normalized spacial score (nSPS) is 21.4. The molecule has 1 heterocycles. The molecule has 0 aliphatic carbocycles. The predicted molar refractivity (Wildman–Crippen MR) is 121 cm³/mol. The van der Waals surface area contributed by atoms with E-state index in [9.17, 15) is 13.2 Å². The zero-order valence-corrected chi connectivity index (χ0v) is 19.6. The van der Waals surface area contributed by atoms with Crippen molar-refractivity contribution in [3.63, 3.8) is 0 Å². The van der Waals surface area contributed by atoms with Crippen molar-refractivity contribution >= 4 is 15.9 Å². The average Bonchev–Trinajstić information content (AvgIpc) is 2.77. The van der Waals surface area contributed by atoms with Gasteiger partial charge in [-0.2, -0.15) is 13.3 Å². The summed E-state index contributed by atoms with van der Waals surface area (Å²) < 4.78 is 32.3. The summed E-state index contributed by atoms with van der Waals surface area (Å²) in [7, 11) is -2.39. The molecule has 3 rings (SSSR count). The molecule has 0 radical (unpaired) electrons. The van der Waals surface area contributed by atoms with E-state index in [1.807, 2.05) is 0 Å². The maximum absolute atomic E-state index is 13.9. The number of benzene rings is 2. The zero-order valence-electron chi connectivity index (χ0n) is 18.8. The number of nitrogens with two attached hydrogens (primary N) is 1. The summed E-state index contributed by atoms with van der Waals surface area (Å²) in [5.41, 5.74) is 6.38. The van der Waals surface area contributed by atoms with Crippen LogP contribution in [0.2, 0.25) is 0 Å². The molecule has 2 atom stereocenters. The summed E-state index contributed by atoms with van der Waals surface area (Å²) in [5, 5.41) is 3.42. The van der Waals surface area contributed by atoms with Crippen LogP contribution in [0.15, 0.2) is 53.4 Å². The summed E-state index contributed by atoms with van der Waals surface area (Å²) in [4.78, 5) is 18.2. The Morgan fingerprint density at radius 3 is 2.50 bits per heavy atom. The Bertz CT molecular complexity index is 1040. The van der Waals surface area contributed by atoms with Gasteiger partial charge in [-0.05, 0) is 48.2 Å². The van der Waals surface area contributed by atoms with E-state index in [2.05, 4.69) is 19.2 Å². The van der Waals surface area contributed by atoms with E-state index in [-0.39, 0.29) is 30.6 Å². The molecule has 9 heteroatoms. The van der Waals surface area contributed by atoms with Crippen LogP contribution in [0.3, 0.4) is 0 Å². The number of carbonyl (C=O) groups excluding carboxylic acids is 1. The lowest BCUT2D eigenvalue weighted by Gasteiger charge is -2.40. The van der Waals surface area contributed by atoms with Crippen LogP contribution in [0.25, 0.3) is 0 Å². The van der Waals surface area contributed by atoms with Crippen LogP contribution < -0.4 is 15.8 Å². The van der Waals surface area contributed by atoms with Crippen molar-refractivity contribution in [3.05, 3.63) is 59.7 Å². The first-order valence-corrected chi connectivity index (χ1v) is 12.1. The van der Waals surface area contributed by atoms with Gasteiger partial charge in [0.2, 0.25) is 5.91 Å². The number of ether oxygens (including phenoxy) is 1. The van der Waals surface area contributed by atoms with E-state index in [1.165, 1.54) is 19.2 Å². The van der Waals surface area contributed by atoms with Crippen LogP contribution in [-0.2, 0) is 21.5 Å². The number of primary amides is 1. The van der Waals surface area contributed by atoms with E-state index in [0.717, 1.165) is 6.42 Å². The molecule has 32 heavy (non-hydrogen) atoms. The fourth-order valence-corrected chi connectivity index (χ4v) is 5.84. The quantitative estimate of drug-likeness (QED) is 0.554. The minimum absolute atomic E-state index is 0.0249. The number of quaternary nitrogens is 1. The van der Waals surface area contributed by atoms with E-state index in [4.69, 9.17) is 15.3 Å². The Labute approximate surface area is 189 Å². The van der Waals surface area contributed by atoms with Gasteiger partial charge in [0.25, 0.3) is 0 Å². The standard InChI is InChI=1S/C23H31N3O5S/c1-17(2)14-19-15-26(13-12-25-19,31-16-18-6-4-5-7-22(18)23(24)27)32(28,29)21-10-8-20(30-3)9-11-21/h4-11,17,19,25H,12-16H2,1-3H3,(H-,24,27)/p+1/t19-,26?/m1/s1. The Balaban J connectivity index is 1.98. The molecule has 8 nitrogen and oxygen atoms in total. The second-order valence-electron chi connectivity index (χ2n) is 8.45. The topological polar surface area (TPSA) is 108 Å². The molecule has 1 saturated heterocycles. The Morgan fingerprint density at radius 2 is 1.88 bits per heavy atom. The molecular formula is C23H32N3O5S+. The van der Waals surface area contributed by atoms with Crippen molar-refractivity contribution in [1.29, 1.82) is 0 Å². The number of carbonyl (C=O) groups is 1. The lowest BCUT2D eigenvalue weighted by molar-refractivity contribution is -1.01. The van der Waals surface area contributed by atoms with Gasteiger partial charge in [0, 0.05) is 12.1 Å². The lowest BCUT2D eigenvalue weighted by atomic mass is 10.0. The van der Waals surface area contributed by atoms with Gasteiger partial charge in [-0.1, -0.05) is 36.1 Å². The van der Waals surface area contributed by atoms with Crippen molar-refractivity contribution in [3.8, 4) is 5.75 Å². The van der Waals surface area contributed by atoms with Crippen LogP contribution in [0.4, 0.5) is 0 Å². The molecular weight excluding hydrogens is 430 g/mol. The van der Waals surface area contributed by atoms with Crippen molar-refractivity contribution in [2.45, 2.75) is 37.8 Å². The molecule has 1 amide bonds. The van der Waals surface area contributed by atoms with Crippen LogP contribution in [0, 0.1) is 5.92 Å². The first kappa shape index (κ1) is 24.2. The van der Waals surface area contributed by atoms with Gasteiger partial charge in [-0.15, -0.1) is 0 Å². The number of rotatable bonds is 9. The number of amides is 1. The van der Waals surface area contributed by atoms with Gasteiger partial charge < -0.3 is 15.8 Å². The van der Waals surface area contributed by atoms with Gasteiger partial charge in [-0.25, -0.2) is 0 Å². The van der Waals surface area contributed by atoms with E-state index in [1.54, 1.807) is 36.4 Å². The molecule has 0 saturated carbocycles. The molecule has 174 valence electrons. The fourth-order valence-electron chi connectivity index (χ4n) is 4.08. The van der Waals surface area contributed by atoms with Crippen molar-refractivity contribution in [1.82, 2.24) is 5.32 Å². The number of methoxy groups -OCH3 is 1. The van der Waals surface area contributed by atoms with Crippen LogP contribution >= 0.6 is 0 Å². The minimum Gasteiger partial charge on any atom is -0.497 e. The highest BCUT2D eigenvalue weighted by molar-refractivity contribution is 7.85. The SMILES string of the molecule is COc1ccc(S(=O)(=O)[N+]2(OCc3ccccc3C(N)=O)CCN[C@H](CC(C)C)C2)cc1. The maximum atomic E-state index is 13.9. The molecule has 0 aromatic heterocycles. The Kier molecular flexibility index (Phi) is 7.55. The van der Waals surface area contributed by atoms with Gasteiger partial charge in [0.15, 0.2) is 0 Å². The number of piperazine rings is 1. The van der Waals surface area contributed by atoms with Crippen molar-refractivity contribution < 1.29 is 26.8 Å². The second-order valence-corrected chi connectivity index (χ2v) is 10.5. The summed E-state index contributed by atoms with van der Waals surface area (Å²) >= 11 is 0. The van der Waals surface area contributed by atoms with Crippen LogP contribution in [0.5, 0.6) is 5.75 Å². The zero-order chi connectivity index (χ0) is 23.4. The highest BCUT2D eigenvalue weighted by Gasteiger charge is 2.49. The molecule has 1 fully saturated rings. The largest absolute Gasteiger partial charge is 0.497 e. The number of hydrogen-bond donors (Lipinski definition) is 2. The van der Waals surface area contributed by atoms with Crippen molar-refractivity contribution in [2.24, 2.45) is 11.7 Å². The number of nitrogens with one attached hydrogen (secondary N) is 1. The minimum atomic E-state index is -3.92. The van der Waals surface area contributed by atoms with Crippen molar-refractivity contribution in [2.75, 3.05) is 26.7 Å². The molecule has 0 bridgehead atoms. The second kappa shape index (κ2) is 9.99. The summed E-state index contributed by atoms with van der Waals surface area (Å²) in [5.74, 6) is 0.392. The Hall–Kier alpha value is -2.46. The smallest absolute Gasteiger partial charge is 0.357 e. The average molecular weight is 463 g/mol. The predicted octanol–water partition coefficient (Wildman–Crippen LogP) is 2.45. The third-order valence-corrected chi connectivity index (χ3v) is 7.85. The molecule has 2 aromatic rings. The number of hydroxylamine groups is 2. The number of sulfonamides is 1. The van der Waals surface area contributed by atoms with Gasteiger partial charge in [-0.3, -0.25) is 4.79 Å². The van der Waals surface area contributed by atoms with E-state index in [0.29, 0.717) is 29.3 Å². The summed E-state index contributed by atoms with van der Waals surface area (Å²) in [6, 6.07) is 13.1. The Morgan fingerprint density at radius 1 is 1.19 bits per heavy atom. The first-order valence-electron chi connectivity index (χ1n) is 10.7. The monoisotopic (exact) mass is 462 g/mol. The highest BCUT2D eigenvalue weighted by Crippen LogP contribution is 2.31. The van der Waals surface area contributed by atoms with Gasteiger partial charge in [0.05, 0.1) is 13.2 Å². The van der Waals surface area contributed by atoms with Gasteiger partial charge >= 0.3 is 10.0 Å².